The van der Waals surface area contributed by atoms with Gasteiger partial charge in [-0.3, -0.25) is 4.79 Å². The molecule has 20 heavy (non-hydrogen) atoms. The molecule has 0 unspecified atom stereocenters. The number of nitrogens with two attached hydrogens (primary N) is 2. The van der Waals surface area contributed by atoms with E-state index in [9.17, 15) is 4.79 Å². The summed E-state index contributed by atoms with van der Waals surface area (Å²) >= 11 is 0. The van der Waals surface area contributed by atoms with E-state index in [1.807, 2.05) is 13.8 Å². The molecule has 1 aromatic carbocycles. The third-order valence-corrected chi connectivity index (χ3v) is 3.03. The minimum absolute atomic E-state index is 0.294. The van der Waals surface area contributed by atoms with E-state index in [1.165, 1.54) is 6.07 Å². The summed E-state index contributed by atoms with van der Waals surface area (Å²) in [7, 11) is 0. The van der Waals surface area contributed by atoms with Gasteiger partial charge in [-0.05, 0) is 51.3 Å². The number of hydrogen-bond acceptors (Lipinski definition) is 4. The number of nitrogen functional groups attached to an aromatic ring is 1. The van der Waals surface area contributed by atoms with Gasteiger partial charge in [0.1, 0.15) is 5.75 Å². The lowest BCUT2D eigenvalue weighted by Crippen LogP contribution is -2.14. The monoisotopic (exact) mass is 275 g/mol. The Labute approximate surface area is 119 Å². The minimum atomic E-state index is -0.557. The highest BCUT2D eigenvalue weighted by molar-refractivity contribution is 5.96. The van der Waals surface area contributed by atoms with Crippen LogP contribution in [-0.2, 0) is 0 Å². The Hall–Kier alpha value is -2.22. The molecule has 1 rings (SSSR count). The number of amides is 1. The highest BCUT2D eigenvalue weighted by atomic mass is 16.5. The topological polar surface area (TPSA) is 102 Å². The molecular formula is C15H21N3O2. The predicted molar refractivity (Wildman–Crippen MR) is 78.1 cm³/mol. The van der Waals surface area contributed by atoms with E-state index in [2.05, 4.69) is 6.07 Å². The van der Waals surface area contributed by atoms with Crippen molar-refractivity contribution in [3.8, 4) is 11.8 Å². The van der Waals surface area contributed by atoms with E-state index in [1.54, 1.807) is 12.1 Å². The number of hydrogen-bond donors (Lipinski definition) is 2. The predicted octanol–water partition coefficient (Wildman–Crippen LogP) is 2.47. The Bertz CT molecular complexity index is 518. The molecule has 1 amide bonds. The van der Waals surface area contributed by atoms with Crippen molar-refractivity contribution in [1.82, 2.24) is 0 Å². The van der Waals surface area contributed by atoms with Crippen LogP contribution >= 0.6 is 0 Å². The van der Waals surface area contributed by atoms with Crippen LogP contribution in [0.5, 0.6) is 5.75 Å². The zero-order chi connectivity index (χ0) is 15.2. The maximum Gasteiger partial charge on any atom is 0.252 e. The first-order valence-corrected chi connectivity index (χ1v) is 6.59. The van der Waals surface area contributed by atoms with Crippen LogP contribution in [0.1, 0.15) is 43.5 Å². The summed E-state index contributed by atoms with van der Waals surface area (Å²) in [6, 6.07) is 7.09. The fraction of sp³-hybridized carbons (Fsp3) is 0.467. The third kappa shape index (κ3) is 4.81. The van der Waals surface area contributed by atoms with Crippen molar-refractivity contribution in [1.29, 1.82) is 5.26 Å². The molecule has 1 aromatic rings. The number of ether oxygens (including phenoxy) is 1. The maximum absolute atomic E-state index is 11.3. The summed E-state index contributed by atoms with van der Waals surface area (Å²) in [4.78, 5) is 11.3. The Balaban J connectivity index is 2.47. The molecule has 108 valence electrons. The Kier molecular flexibility index (Phi) is 5.39. The fourth-order valence-corrected chi connectivity index (χ4v) is 1.77. The van der Waals surface area contributed by atoms with E-state index in [4.69, 9.17) is 21.5 Å². The van der Waals surface area contributed by atoms with Gasteiger partial charge in [0.25, 0.3) is 5.91 Å². The number of rotatable bonds is 7. The first-order valence-electron chi connectivity index (χ1n) is 6.59. The average molecular weight is 275 g/mol. The van der Waals surface area contributed by atoms with Crippen LogP contribution in [0.15, 0.2) is 18.2 Å². The van der Waals surface area contributed by atoms with Crippen LogP contribution in [-0.4, -0.2) is 12.5 Å². The molecule has 0 spiro atoms. The van der Waals surface area contributed by atoms with Crippen molar-refractivity contribution in [2.75, 3.05) is 12.3 Å². The molecule has 0 bridgehead atoms. The number of anilines is 1. The van der Waals surface area contributed by atoms with E-state index in [0.717, 1.165) is 19.3 Å². The average Bonchev–Trinajstić information content (AvgIpc) is 2.39. The summed E-state index contributed by atoms with van der Waals surface area (Å²) in [5.41, 5.74) is 11.4. The van der Waals surface area contributed by atoms with E-state index in [0.29, 0.717) is 23.6 Å². The zero-order valence-corrected chi connectivity index (χ0v) is 12.0. The lowest BCUT2D eigenvalue weighted by atomic mass is 9.89. The molecule has 0 aromatic heterocycles. The van der Waals surface area contributed by atoms with Crippen molar-refractivity contribution in [3.63, 3.8) is 0 Å². The molecule has 0 aliphatic heterocycles. The lowest BCUT2D eigenvalue weighted by Gasteiger charge is -2.15. The Morgan fingerprint density at radius 1 is 1.40 bits per heavy atom. The van der Waals surface area contributed by atoms with Gasteiger partial charge in [0.2, 0.25) is 0 Å². The summed E-state index contributed by atoms with van der Waals surface area (Å²) in [6.45, 7) is 4.31. The molecule has 0 aliphatic rings. The van der Waals surface area contributed by atoms with Crippen LogP contribution < -0.4 is 16.2 Å². The standard InChI is InChI=1S/C15H21N3O2/c1-15(2,10-16)7-3-4-8-20-13-6-5-11(17)9-12(13)14(18)19/h5-6,9H,3-4,7-8,17H2,1-2H3,(H2,18,19). The van der Waals surface area contributed by atoms with Gasteiger partial charge in [-0.2, -0.15) is 5.26 Å². The number of carbonyl (C=O) groups excluding carboxylic acids is 1. The van der Waals surface area contributed by atoms with Crippen molar-refractivity contribution in [2.45, 2.75) is 33.1 Å². The van der Waals surface area contributed by atoms with E-state index < -0.39 is 5.91 Å². The summed E-state index contributed by atoms with van der Waals surface area (Å²) in [5.74, 6) is -0.107. The largest absolute Gasteiger partial charge is 0.493 e. The molecule has 0 saturated carbocycles. The van der Waals surface area contributed by atoms with Crippen LogP contribution in [0.25, 0.3) is 0 Å². The minimum Gasteiger partial charge on any atom is -0.493 e. The van der Waals surface area contributed by atoms with Crippen molar-refractivity contribution in [3.05, 3.63) is 23.8 Å². The molecule has 0 saturated heterocycles. The number of nitrogens with zero attached hydrogens (tertiary/aromatic N) is 1. The third-order valence-electron chi connectivity index (χ3n) is 3.03. The van der Waals surface area contributed by atoms with Gasteiger partial charge in [0.15, 0.2) is 0 Å². The van der Waals surface area contributed by atoms with Gasteiger partial charge in [-0.1, -0.05) is 0 Å². The highest BCUT2D eigenvalue weighted by Crippen LogP contribution is 2.23. The van der Waals surface area contributed by atoms with Crippen LogP contribution in [0.2, 0.25) is 0 Å². The zero-order valence-electron chi connectivity index (χ0n) is 12.0. The second-order valence-electron chi connectivity index (χ2n) is 5.42. The molecule has 5 nitrogen and oxygen atoms in total. The number of benzene rings is 1. The lowest BCUT2D eigenvalue weighted by molar-refractivity contribution is 0.0996. The van der Waals surface area contributed by atoms with E-state index in [-0.39, 0.29) is 5.41 Å². The maximum atomic E-state index is 11.3. The Morgan fingerprint density at radius 2 is 2.10 bits per heavy atom. The van der Waals surface area contributed by atoms with Crippen LogP contribution in [0, 0.1) is 16.7 Å². The van der Waals surface area contributed by atoms with Gasteiger partial charge in [0.05, 0.1) is 23.7 Å². The summed E-state index contributed by atoms with van der Waals surface area (Å²) in [5, 5.41) is 8.91. The number of nitriles is 1. The van der Waals surface area contributed by atoms with Crippen molar-refractivity contribution < 1.29 is 9.53 Å². The van der Waals surface area contributed by atoms with Gasteiger partial charge in [0, 0.05) is 5.69 Å². The van der Waals surface area contributed by atoms with Gasteiger partial charge >= 0.3 is 0 Å². The highest BCUT2D eigenvalue weighted by Gasteiger charge is 2.15. The van der Waals surface area contributed by atoms with Crippen molar-refractivity contribution in [2.24, 2.45) is 11.1 Å². The molecule has 0 radical (unpaired) electrons. The van der Waals surface area contributed by atoms with Crippen LogP contribution in [0.4, 0.5) is 5.69 Å². The van der Waals surface area contributed by atoms with Crippen LogP contribution in [0.3, 0.4) is 0 Å². The number of primary amides is 1. The quantitative estimate of drug-likeness (QED) is 0.589. The van der Waals surface area contributed by atoms with Gasteiger partial charge in [-0.25, -0.2) is 0 Å². The molecular weight excluding hydrogens is 254 g/mol. The number of unbranched alkanes of at least 4 members (excludes halogenated alkanes) is 1. The van der Waals surface area contributed by atoms with E-state index >= 15 is 0 Å². The first kappa shape index (κ1) is 15.8. The molecule has 0 atom stereocenters. The molecule has 0 heterocycles. The smallest absolute Gasteiger partial charge is 0.252 e. The molecule has 4 N–H and O–H groups in total. The second-order valence-corrected chi connectivity index (χ2v) is 5.42. The second kappa shape index (κ2) is 6.80. The molecule has 0 aliphatic carbocycles. The van der Waals surface area contributed by atoms with Crippen molar-refractivity contribution >= 4 is 11.6 Å². The van der Waals surface area contributed by atoms with Gasteiger partial charge in [-0.15, -0.1) is 0 Å². The molecule has 5 heteroatoms. The normalized spacial score (nSPS) is 10.8. The fourth-order valence-electron chi connectivity index (χ4n) is 1.77. The van der Waals surface area contributed by atoms with Gasteiger partial charge < -0.3 is 16.2 Å². The Morgan fingerprint density at radius 3 is 2.70 bits per heavy atom. The molecule has 0 fully saturated rings. The summed E-state index contributed by atoms with van der Waals surface area (Å²) < 4.78 is 5.56. The SMILES string of the molecule is CC(C)(C#N)CCCCOc1ccc(N)cc1C(N)=O. The number of carbonyl (C=O) groups is 1. The summed E-state index contributed by atoms with van der Waals surface area (Å²) in [6.07, 6.45) is 2.52. The first-order chi connectivity index (χ1) is 9.35.